The highest BCUT2D eigenvalue weighted by atomic mass is 19.1. The van der Waals surface area contributed by atoms with Crippen molar-refractivity contribution in [1.82, 2.24) is 15.2 Å². The Hall–Kier alpha value is -2.02. The molecule has 3 aliphatic rings. The topological polar surface area (TPSA) is 71.5 Å². The molecule has 0 aromatic carbocycles. The monoisotopic (exact) mass is 375 g/mol. The normalized spacial score (nSPS) is 28.2. The van der Waals surface area contributed by atoms with Crippen LogP contribution in [0.3, 0.4) is 0 Å². The number of carbonyl (C=O) groups is 2. The lowest BCUT2D eigenvalue weighted by molar-refractivity contribution is -0.138. The molecule has 1 unspecified atom stereocenters. The van der Waals surface area contributed by atoms with Gasteiger partial charge in [-0.15, -0.1) is 0 Å². The Morgan fingerprint density at radius 2 is 2.07 bits per heavy atom. The van der Waals surface area contributed by atoms with E-state index in [2.05, 4.69) is 10.3 Å². The van der Waals surface area contributed by atoms with Crippen LogP contribution >= 0.6 is 0 Å². The van der Waals surface area contributed by atoms with E-state index < -0.39 is 11.9 Å². The molecule has 7 heteroatoms. The molecule has 0 spiro atoms. The van der Waals surface area contributed by atoms with Crippen molar-refractivity contribution < 1.29 is 18.7 Å². The third-order valence-electron chi connectivity index (χ3n) is 6.02. The maximum atomic E-state index is 12.9. The van der Waals surface area contributed by atoms with Gasteiger partial charge in [0, 0.05) is 24.8 Å². The number of piperidine rings is 1. The Balaban J connectivity index is 1.29. The van der Waals surface area contributed by atoms with Gasteiger partial charge in [0.2, 0.25) is 11.8 Å². The van der Waals surface area contributed by atoms with Gasteiger partial charge in [0.05, 0.1) is 18.7 Å². The van der Waals surface area contributed by atoms with Crippen LogP contribution in [0.2, 0.25) is 0 Å². The first kappa shape index (κ1) is 18.3. The SMILES string of the molecule is O=C(NC1CCCC1)C1C[C@@H]2CCN(C(=O)Cc3ccc(F)cn3)C[C@@H]2O1. The number of likely N-dealkylation sites (tertiary alicyclic amines) is 1. The predicted molar refractivity (Wildman–Crippen MR) is 96.3 cm³/mol. The van der Waals surface area contributed by atoms with Crippen molar-refractivity contribution in [1.29, 1.82) is 0 Å². The summed E-state index contributed by atoms with van der Waals surface area (Å²) in [7, 11) is 0. The molecule has 1 N–H and O–H groups in total. The summed E-state index contributed by atoms with van der Waals surface area (Å²) in [4.78, 5) is 30.8. The molecule has 0 radical (unpaired) electrons. The van der Waals surface area contributed by atoms with E-state index in [9.17, 15) is 14.0 Å². The van der Waals surface area contributed by atoms with Crippen LogP contribution in [0.5, 0.6) is 0 Å². The van der Waals surface area contributed by atoms with Gasteiger partial charge in [-0.05, 0) is 43.7 Å². The van der Waals surface area contributed by atoms with Gasteiger partial charge >= 0.3 is 0 Å². The van der Waals surface area contributed by atoms with Gasteiger partial charge in [0.15, 0.2) is 0 Å². The molecule has 3 fully saturated rings. The second kappa shape index (κ2) is 7.92. The lowest BCUT2D eigenvalue weighted by Gasteiger charge is -2.34. The number of hydrogen-bond donors (Lipinski definition) is 1. The second-order valence-electron chi connectivity index (χ2n) is 7.92. The molecule has 6 nitrogen and oxygen atoms in total. The minimum absolute atomic E-state index is 0.00434. The quantitative estimate of drug-likeness (QED) is 0.872. The fourth-order valence-corrected chi connectivity index (χ4v) is 4.47. The number of nitrogens with zero attached hydrogens (tertiary/aromatic N) is 2. The summed E-state index contributed by atoms with van der Waals surface area (Å²) in [5.74, 6) is -0.106. The lowest BCUT2D eigenvalue weighted by atomic mass is 9.91. The van der Waals surface area contributed by atoms with E-state index in [4.69, 9.17) is 4.74 Å². The third-order valence-corrected chi connectivity index (χ3v) is 6.02. The highest BCUT2D eigenvalue weighted by Gasteiger charge is 2.43. The molecule has 3 atom stereocenters. The molecule has 2 saturated heterocycles. The number of rotatable bonds is 4. The van der Waals surface area contributed by atoms with Gasteiger partial charge in [0.1, 0.15) is 11.9 Å². The number of fused-ring (bicyclic) bond motifs is 1. The van der Waals surface area contributed by atoms with Crippen LogP contribution in [0.25, 0.3) is 0 Å². The van der Waals surface area contributed by atoms with Crippen molar-refractivity contribution in [3.8, 4) is 0 Å². The number of ether oxygens (including phenoxy) is 1. The van der Waals surface area contributed by atoms with Gasteiger partial charge in [-0.1, -0.05) is 12.8 Å². The second-order valence-corrected chi connectivity index (χ2v) is 7.92. The van der Waals surface area contributed by atoms with Crippen molar-refractivity contribution in [2.24, 2.45) is 5.92 Å². The first-order valence-corrected chi connectivity index (χ1v) is 9.92. The summed E-state index contributed by atoms with van der Waals surface area (Å²) in [6, 6.07) is 3.15. The zero-order valence-electron chi connectivity index (χ0n) is 15.4. The van der Waals surface area contributed by atoms with Crippen LogP contribution < -0.4 is 5.32 Å². The van der Waals surface area contributed by atoms with Gasteiger partial charge in [-0.3, -0.25) is 14.6 Å². The molecule has 27 heavy (non-hydrogen) atoms. The van der Waals surface area contributed by atoms with Crippen LogP contribution in [0.1, 0.15) is 44.2 Å². The van der Waals surface area contributed by atoms with Gasteiger partial charge in [0.25, 0.3) is 0 Å². The number of amides is 2. The highest BCUT2D eigenvalue weighted by molar-refractivity contribution is 5.81. The molecular weight excluding hydrogens is 349 g/mol. The number of aromatic nitrogens is 1. The van der Waals surface area contributed by atoms with E-state index in [1.165, 1.54) is 25.0 Å². The Kier molecular flexibility index (Phi) is 5.38. The molecule has 146 valence electrons. The number of nitrogens with one attached hydrogen (secondary N) is 1. The van der Waals surface area contributed by atoms with Gasteiger partial charge in [-0.2, -0.15) is 0 Å². The van der Waals surface area contributed by atoms with E-state index in [0.29, 0.717) is 30.7 Å². The zero-order valence-corrected chi connectivity index (χ0v) is 15.4. The van der Waals surface area contributed by atoms with Crippen molar-refractivity contribution >= 4 is 11.8 Å². The average molecular weight is 375 g/mol. The third kappa shape index (κ3) is 4.29. The minimum atomic E-state index is -0.409. The minimum Gasteiger partial charge on any atom is -0.363 e. The fraction of sp³-hybridized carbons (Fsp3) is 0.650. The number of pyridine rings is 1. The summed E-state index contributed by atoms with van der Waals surface area (Å²) < 4.78 is 19.0. The van der Waals surface area contributed by atoms with Gasteiger partial charge < -0.3 is 15.0 Å². The van der Waals surface area contributed by atoms with Gasteiger partial charge in [-0.25, -0.2) is 4.39 Å². The summed E-state index contributed by atoms with van der Waals surface area (Å²) in [5, 5.41) is 3.12. The summed E-state index contributed by atoms with van der Waals surface area (Å²) in [6.45, 7) is 1.18. The molecule has 1 aromatic rings. The Morgan fingerprint density at radius 1 is 1.26 bits per heavy atom. The fourth-order valence-electron chi connectivity index (χ4n) is 4.47. The molecule has 2 amide bonds. The Labute approximate surface area is 158 Å². The Morgan fingerprint density at radius 3 is 2.81 bits per heavy atom. The van der Waals surface area contributed by atoms with Crippen molar-refractivity contribution in [2.45, 2.75) is 63.2 Å². The average Bonchev–Trinajstić information content (AvgIpc) is 3.32. The smallest absolute Gasteiger partial charge is 0.249 e. The maximum absolute atomic E-state index is 12.9. The van der Waals surface area contributed by atoms with Crippen molar-refractivity contribution in [3.63, 3.8) is 0 Å². The standard InChI is InChI=1S/C20H26FN3O3/c21-14-5-6-16(22-11-14)10-19(25)24-8-7-13-9-17(27-18(13)12-24)20(26)23-15-3-1-2-4-15/h5-6,11,13,15,17-18H,1-4,7-10,12H2,(H,23,26)/t13-,17?,18-/m0/s1. The number of halogens is 1. The van der Waals surface area contributed by atoms with Crippen LogP contribution in [0, 0.1) is 11.7 Å². The first-order chi connectivity index (χ1) is 13.1. The summed E-state index contributed by atoms with van der Waals surface area (Å²) in [5.41, 5.74) is 0.560. The largest absolute Gasteiger partial charge is 0.363 e. The lowest BCUT2D eigenvalue weighted by Crippen LogP contribution is -2.46. The number of hydrogen-bond acceptors (Lipinski definition) is 4. The summed E-state index contributed by atoms with van der Waals surface area (Å²) >= 11 is 0. The molecule has 1 aliphatic carbocycles. The van der Waals surface area contributed by atoms with Crippen molar-refractivity contribution in [3.05, 3.63) is 29.8 Å². The van der Waals surface area contributed by atoms with Crippen LogP contribution in [0.4, 0.5) is 4.39 Å². The molecule has 2 aliphatic heterocycles. The molecular formula is C20H26FN3O3. The van der Waals surface area contributed by atoms with E-state index in [-0.39, 0.29) is 24.3 Å². The zero-order chi connectivity index (χ0) is 18.8. The van der Waals surface area contributed by atoms with Crippen LogP contribution in [-0.2, 0) is 20.7 Å². The van der Waals surface area contributed by atoms with Crippen molar-refractivity contribution in [2.75, 3.05) is 13.1 Å². The van der Waals surface area contributed by atoms with Crippen LogP contribution in [0.15, 0.2) is 18.3 Å². The van der Waals surface area contributed by atoms with E-state index in [1.54, 1.807) is 4.90 Å². The molecule has 0 bridgehead atoms. The molecule has 4 rings (SSSR count). The van der Waals surface area contributed by atoms with E-state index in [0.717, 1.165) is 31.9 Å². The molecule has 3 heterocycles. The maximum Gasteiger partial charge on any atom is 0.249 e. The van der Waals surface area contributed by atoms with E-state index in [1.807, 2.05) is 0 Å². The molecule has 1 aromatic heterocycles. The number of carbonyl (C=O) groups excluding carboxylic acids is 2. The summed E-state index contributed by atoms with van der Waals surface area (Å²) in [6.07, 6.45) is 6.88. The van der Waals surface area contributed by atoms with E-state index >= 15 is 0 Å². The Bertz CT molecular complexity index is 690. The highest BCUT2D eigenvalue weighted by Crippen LogP contribution is 2.34. The first-order valence-electron chi connectivity index (χ1n) is 9.92. The molecule has 1 saturated carbocycles. The predicted octanol–water partition coefficient (Wildman–Crippen LogP) is 1.83. The van der Waals surface area contributed by atoms with Crippen LogP contribution in [-0.4, -0.2) is 53.0 Å².